The van der Waals surface area contributed by atoms with Crippen molar-refractivity contribution in [2.24, 2.45) is 0 Å². The minimum atomic E-state index is -0.292. The Hall–Kier alpha value is -3.02. The number of nitrogens with one attached hydrogen (secondary N) is 2. The highest BCUT2D eigenvalue weighted by atomic mass is 16.5. The summed E-state index contributed by atoms with van der Waals surface area (Å²) in [7, 11) is 0. The van der Waals surface area contributed by atoms with Crippen molar-refractivity contribution in [1.29, 1.82) is 0 Å². The van der Waals surface area contributed by atoms with Crippen LogP contribution in [0.1, 0.15) is 43.0 Å². The van der Waals surface area contributed by atoms with E-state index in [2.05, 4.69) is 15.5 Å². The topological polar surface area (TPSA) is 70.7 Å². The number of benzene rings is 2. The van der Waals surface area contributed by atoms with Gasteiger partial charge in [-0.05, 0) is 68.3 Å². The van der Waals surface area contributed by atoms with Gasteiger partial charge in [0.15, 0.2) is 0 Å². The minimum absolute atomic E-state index is 0.0834. The molecule has 0 bridgehead atoms. The second kappa shape index (κ2) is 10.5. The quantitative estimate of drug-likeness (QED) is 0.747. The lowest BCUT2D eigenvalue weighted by molar-refractivity contribution is -0.115. The molecule has 0 saturated carbocycles. The number of carbonyl (C=O) groups is 2. The first-order chi connectivity index (χ1) is 14.2. The number of anilines is 2. The van der Waals surface area contributed by atoms with Gasteiger partial charge in [0.2, 0.25) is 5.91 Å². The molecule has 2 amide bonds. The van der Waals surface area contributed by atoms with Gasteiger partial charge in [0.25, 0.3) is 5.91 Å². The molecule has 1 heterocycles. The largest absolute Gasteiger partial charge is 0.494 e. The molecule has 1 saturated heterocycles. The summed E-state index contributed by atoms with van der Waals surface area (Å²) in [6.45, 7) is 4.57. The standard InChI is InChI=1S/C23H29N3O3/c1-2-29-21-13-7-18(8-14-21)23(28)24-17-22(27)25-19-9-11-20(12-10-19)26-15-5-3-4-6-16-26/h7-14H,2-6,15-17H2,1H3,(H,24,28)(H,25,27). The summed E-state index contributed by atoms with van der Waals surface area (Å²) in [5, 5.41) is 5.47. The van der Waals surface area contributed by atoms with E-state index in [1.54, 1.807) is 24.3 Å². The van der Waals surface area contributed by atoms with Crippen LogP contribution in [-0.4, -0.2) is 38.1 Å². The number of carbonyl (C=O) groups excluding carboxylic acids is 2. The number of hydrogen-bond acceptors (Lipinski definition) is 4. The molecule has 1 fully saturated rings. The zero-order valence-electron chi connectivity index (χ0n) is 16.9. The highest BCUT2D eigenvalue weighted by Crippen LogP contribution is 2.21. The maximum Gasteiger partial charge on any atom is 0.251 e. The van der Waals surface area contributed by atoms with Crippen LogP contribution in [0.25, 0.3) is 0 Å². The zero-order chi connectivity index (χ0) is 20.5. The lowest BCUT2D eigenvalue weighted by atomic mass is 10.2. The molecule has 154 valence electrons. The van der Waals surface area contributed by atoms with Crippen LogP contribution < -0.4 is 20.3 Å². The first-order valence-corrected chi connectivity index (χ1v) is 10.3. The number of hydrogen-bond donors (Lipinski definition) is 2. The summed E-state index contributed by atoms with van der Waals surface area (Å²) in [5.74, 6) is 0.164. The van der Waals surface area contributed by atoms with E-state index in [1.165, 1.54) is 31.4 Å². The Labute approximate surface area is 172 Å². The Morgan fingerprint density at radius 1 is 0.931 bits per heavy atom. The summed E-state index contributed by atoms with van der Waals surface area (Å²) >= 11 is 0. The second-order valence-corrected chi connectivity index (χ2v) is 7.14. The zero-order valence-corrected chi connectivity index (χ0v) is 16.9. The average Bonchev–Trinajstić information content (AvgIpc) is 3.03. The van der Waals surface area contributed by atoms with Crippen LogP contribution in [0.2, 0.25) is 0 Å². The van der Waals surface area contributed by atoms with Gasteiger partial charge in [-0.2, -0.15) is 0 Å². The van der Waals surface area contributed by atoms with E-state index in [0.29, 0.717) is 17.9 Å². The van der Waals surface area contributed by atoms with Gasteiger partial charge in [-0.25, -0.2) is 0 Å². The molecular formula is C23H29N3O3. The summed E-state index contributed by atoms with van der Waals surface area (Å²) in [6.07, 6.45) is 5.05. The molecule has 0 radical (unpaired) electrons. The molecular weight excluding hydrogens is 366 g/mol. The van der Waals surface area contributed by atoms with E-state index in [4.69, 9.17) is 4.74 Å². The van der Waals surface area contributed by atoms with E-state index in [1.807, 2.05) is 31.2 Å². The fourth-order valence-electron chi connectivity index (χ4n) is 3.42. The smallest absolute Gasteiger partial charge is 0.251 e. The summed E-state index contributed by atoms with van der Waals surface area (Å²) in [6, 6.07) is 14.7. The monoisotopic (exact) mass is 395 g/mol. The average molecular weight is 396 g/mol. The van der Waals surface area contributed by atoms with Crippen LogP contribution in [0.15, 0.2) is 48.5 Å². The molecule has 3 rings (SSSR count). The normalized spacial score (nSPS) is 14.0. The summed E-state index contributed by atoms with van der Waals surface area (Å²) in [5.41, 5.74) is 2.40. The number of nitrogens with zero attached hydrogens (tertiary/aromatic N) is 1. The molecule has 2 aromatic rings. The second-order valence-electron chi connectivity index (χ2n) is 7.14. The van der Waals surface area contributed by atoms with Crippen LogP contribution in [0.5, 0.6) is 5.75 Å². The van der Waals surface area contributed by atoms with Crippen molar-refractivity contribution < 1.29 is 14.3 Å². The van der Waals surface area contributed by atoms with E-state index >= 15 is 0 Å². The van der Waals surface area contributed by atoms with E-state index < -0.39 is 0 Å². The molecule has 0 spiro atoms. The molecule has 29 heavy (non-hydrogen) atoms. The molecule has 0 aromatic heterocycles. The maximum absolute atomic E-state index is 12.2. The van der Waals surface area contributed by atoms with Crippen molar-refractivity contribution in [3.05, 3.63) is 54.1 Å². The molecule has 6 nitrogen and oxygen atoms in total. The predicted molar refractivity (Wildman–Crippen MR) is 116 cm³/mol. The Kier molecular flexibility index (Phi) is 7.50. The van der Waals surface area contributed by atoms with Gasteiger partial charge < -0.3 is 20.3 Å². The third-order valence-electron chi connectivity index (χ3n) is 4.96. The SMILES string of the molecule is CCOc1ccc(C(=O)NCC(=O)Nc2ccc(N3CCCCCC3)cc2)cc1. The van der Waals surface area contributed by atoms with Gasteiger partial charge in [0.1, 0.15) is 5.75 Å². The van der Waals surface area contributed by atoms with Crippen LogP contribution in [-0.2, 0) is 4.79 Å². The van der Waals surface area contributed by atoms with E-state index in [9.17, 15) is 9.59 Å². The first-order valence-electron chi connectivity index (χ1n) is 10.3. The van der Waals surface area contributed by atoms with Crippen molar-refractivity contribution in [1.82, 2.24) is 5.32 Å². The minimum Gasteiger partial charge on any atom is -0.494 e. The highest BCUT2D eigenvalue weighted by Gasteiger charge is 2.11. The fraction of sp³-hybridized carbons (Fsp3) is 0.391. The molecule has 0 unspecified atom stereocenters. The lowest BCUT2D eigenvalue weighted by Gasteiger charge is -2.22. The predicted octanol–water partition coefficient (Wildman–Crippen LogP) is 3.83. The summed E-state index contributed by atoms with van der Waals surface area (Å²) < 4.78 is 5.36. The van der Waals surface area contributed by atoms with Crippen LogP contribution in [0.4, 0.5) is 11.4 Å². The Morgan fingerprint density at radius 3 is 2.21 bits per heavy atom. The van der Waals surface area contributed by atoms with Crippen LogP contribution >= 0.6 is 0 Å². The molecule has 2 aromatic carbocycles. The molecule has 6 heteroatoms. The van der Waals surface area contributed by atoms with Crippen LogP contribution in [0.3, 0.4) is 0 Å². The van der Waals surface area contributed by atoms with Gasteiger partial charge in [0, 0.05) is 30.0 Å². The summed E-state index contributed by atoms with van der Waals surface area (Å²) in [4.78, 5) is 26.7. The molecule has 0 atom stereocenters. The molecule has 2 N–H and O–H groups in total. The van der Waals surface area contributed by atoms with E-state index in [-0.39, 0.29) is 18.4 Å². The Morgan fingerprint density at radius 2 is 1.59 bits per heavy atom. The third kappa shape index (κ3) is 6.24. The van der Waals surface area contributed by atoms with Crippen molar-refractivity contribution >= 4 is 23.2 Å². The maximum atomic E-state index is 12.2. The number of rotatable bonds is 7. The first kappa shape index (κ1) is 20.7. The van der Waals surface area contributed by atoms with Crippen molar-refractivity contribution in [3.63, 3.8) is 0 Å². The van der Waals surface area contributed by atoms with Crippen molar-refractivity contribution in [2.45, 2.75) is 32.6 Å². The van der Waals surface area contributed by atoms with Gasteiger partial charge in [-0.15, -0.1) is 0 Å². The van der Waals surface area contributed by atoms with Gasteiger partial charge in [-0.1, -0.05) is 12.8 Å². The molecule has 1 aliphatic heterocycles. The van der Waals surface area contributed by atoms with E-state index in [0.717, 1.165) is 18.8 Å². The number of ether oxygens (including phenoxy) is 1. The van der Waals surface area contributed by atoms with Gasteiger partial charge in [0.05, 0.1) is 13.2 Å². The molecule has 1 aliphatic rings. The fourth-order valence-corrected chi connectivity index (χ4v) is 3.42. The van der Waals surface area contributed by atoms with Gasteiger partial charge >= 0.3 is 0 Å². The van der Waals surface area contributed by atoms with Crippen LogP contribution in [0, 0.1) is 0 Å². The lowest BCUT2D eigenvalue weighted by Crippen LogP contribution is -2.32. The third-order valence-corrected chi connectivity index (χ3v) is 4.96. The molecule has 0 aliphatic carbocycles. The van der Waals surface area contributed by atoms with Gasteiger partial charge in [-0.3, -0.25) is 9.59 Å². The van der Waals surface area contributed by atoms with Crippen molar-refractivity contribution in [2.75, 3.05) is 36.5 Å². The Bertz CT molecular complexity index is 795. The number of amides is 2. The highest BCUT2D eigenvalue weighted by molar-refractivity contribution is 5.99. The van der Waals surface area contributed by atoms with Crippen molar-refractivity contribution in [3.8, 4) is 5.75 Å². The Balaban J connectivity index is 1.46.